The van der Waals surface area contributed by atoms with E-state index < -0.39 is 0 Å². The molecule has 0 fully saturated rings. The van der Waals surface area contributed by atoms with Gasteiger partial charge in [0, 0.05) is 22.9 Å². The van der Waals surface area contributed by atoms with Crippen molar-refractivity contribution in [2.45, 2.75) is 13.8 Å². The zero-order chi connectivity index (χ0) is 16.8. The normalized spacial score (nSPS) is 10.3. The molecular weight excluding hydrogens is 292 g/mol. The molecule has 2 amide bonds. The summed E-state index contributed by atoms with van der Waals surface area (Å²) >= 11 is 0. The molecule has 0 atom stereocenters. The smallest absolute Gasteiger partial charge is 0.255 e. The van der Waals surface area contributed by atoms with Gasteiger partial charge in [-0.25, -0.2) is 0 Å². The molecule has 0 aliphatic heterocycles. The fourth-order valence-corrected chi connectivity index (χ4v) is 1.93. The largest absolute Gasteiger partial charge is 0.497 e. The number of benzene rings is 2. The van der Waals surface area contributed by atoms with E-state index in [0.717, 1.165) is 0 Å². The number of ether oxygens (including phenoxy) is 1. The van der Waals surface area contributed by atoms with Crippen LogP contribution in [0, 0.1) is 5.92 Å². The molecule has 0 aromatic heterocycles. The summed E-state index contributed by atoms with van der Waals surface area (Å²) in [6, 6.07) is 14.0. The SMILES string of the molecule is COc1cccc(C(=O)Nc2cccc(NC(=O)C(C)C)c2)c1. The maximum absolute atomic E-state index is 12.3. The minimum atomic E-state index is -0.240. The van der Waals surface area contributed by atoms with Gasteiger partial charge in [0.05, 0.1) is 7.11 Å². The van der Waals surface area contributed by atoms with Crippen molar-refractivity contribution < 1.29 is 14.3 Å². The fraction of sp³-hybridized carbons (Fsp3) is 0.222. The molecule has 0 aliphatic carbocycles. The first-order valence-electron chi connectivity index (χ1n) is 7.36. The third kappa shape index (κ3) is 4.57. The molecular formula is C18H20N2O3. The predicted molar refractivity (Wildman–Crippen MR) is 90.9 cm³/mol. The van der Waals surface area contributed by atoms with Crippen LogP contribution >= 0.6 is 0 Å². The van der Waals surface area contributed by atoms with Crippen LogP contribution in [0.2, 0.25) is 0 Å². The summed E-state index contributed by atoms with van der Waals surface area (Å²) in [7, 11) is 1.55. The van der Waals surface area contributed by atoms with Gasteiger partial charge in [-0.1, -0.05) is 26.0 Å². The van der Waals surface area contributed by atoms with E-state index in [1.807, 2.05) is 13.8 Å². The third-order valence-electron chi connectivity index (χ3n) is 3.24. The lowest BCUT2D eigenvalue weighted by atomic mass is 10.2. The van der Waals surface area contributed by atoms with E-state index in [4.69, 9.17) is 4.74 Å². The van der Waals surface area contributed by atoms with E-state index in [9.17, 15) is 9.59 Å². The van der Waals surface area contributed by atoms with E-state index in [1.54, 1.807) is 55.6 Å². The monoisotopic (exact) mass is 312 g/mol. The van der Waals surface area contributed by atoms with Gasteiger partial charge in [0.25, 0.3) is 5.91 Å². The molecule has 120 valence electrons. The maximum atomic E-state index is 12.3. The summed E-state index contributed by atoms with van der Waals surface area (Å²) in [6.07, 6.45) is 0. The molecule has 0 saturated heterocycles. The first-order valence-corrected chi connectivity index (χ1v) is 7.36. The van der Waals surface area contributed by atoms with E-state index >= 15 is 0 Å². The standard InChI is InChI=1S/C18H20N2O3/c1-12(2)17(21)19-14-7-5-8-15(11-14)20-18(22)13-6-4-9-16(10-13)23-3/h4-12H,1-3H3,(H,19,21)(H,20,22). The average molecular weight is 312 g/mol. The Morgan fingerprint density at radius 2 is 1.61 bits per heavy atom. The molecule has 0 unspecified atom stereocenters. The summed E-state index contributed by atoms with van der Waals surface area (Å²) in [5, 5.41) is 5.61. The Labute approximate surface area is 135 Å². The molecule has 0 saturated carbocycles. The lowest BCUT2D eigenvalue weighted by Gasteiger charge is -2.10. The van der Waals surface area contributed by atoms with Gasteiger partial charge < -0.3 is 15.4 Å². The molecule has 0 bridgehead atoms. The summed E-state index contributed by atoms with van der Waals surface area (Å²) in [5.41, 5.74) is 1.76. The van der Waals surface area contributed by atoms with Gasteiger partial charge in [-0.3, -0.25) is 9.59 Å². The first-order chi connectivity index (χ1) is 11.0. The van der Waals surface area contributed by atoms with Crippen LogP contribution in [0.3, 0.4) is 0 Å². The lowest BCUT2D eigenvalue weighted by Crippen LogP contribution is -2.18. The number of hydrogen-bond donors (Lipinski definition) is 2. The summed E-state index contributed by atoms with van der Waals surface area (Å²) < 4.78 is 5.11. The average Bonchev–Trinajstić information content (AvgIpc) is 2.55. The predicted octanol–water partition coefficient (Wildman–Crippen LogP) is 3.54. The van der Waals surface area contributed by atoms with Gasteiger partial charge in [-0.2, -0.15) is 0 Å². The number of carbonyl (C=O) groups excluding carboxylic acids is 2. The molecule has 0 heterocycles. The highest BCUT2D eigenvalue weighted by atomic mass is 16.5. The van der Waals surface area contributed by atoms with Crippen LogP contribution in [0.1, 0.15) is 24.2 Å². The number of amides is 2. The lowest BCUT2D eigenvalue weighted by molar-refractivity contribution is -0.118. The minimum Gasteiger partial charge on any atom is -0.497 e. The Bertz CT molecular complexity index is 711. The second kappa shape index (κ2) is 7.45. The molecule has 5 nitrogen and oxygen atoms in total. The first kappa shape index (κ1) is 16.5. The molecule has 0 radical (unpaired) electrons. The molecule has 2 aromatic rings. The number of methoxy groups -OCH3 is 1. The van der Waals surface area contributed by atoms with Crippen LogP contribution in [-0.2, 0) is 4.79 Å². The number of nitrogens with one attached hydrogen (secondary N) is 2. The molecule has 5 heteroatoms. The number of rotatable bonds is 5. The van der Waals surface area contributed by atoms with Gasteiger partial charge in [0.2, 0.25) is 5.91 Å². The van der Waals surface area contributed by atoms with Crippen molar-refractivity contribution in [1.29, 1.82) is 0 Å². The number of anilines is 2. The van der Waals surface area contributed by atoms with Crippen LogP contribution < -0.4 is 15.4 Å². The van der Waals surface area contributed by atoms with E-state index in [-0.39, 0.29) is 17.7 Å². The molecule has 0 spiro atoms. The molecule has 2 rings (SSSR count). The highest BCUT2D eigenvalue weighted by Crippen LogP contribution is 2.18. The number of hydrogen-bond acceptors (Lipinski definition) is 3. The van der Waals surface area contributed by atoms with Gasteiger partial charge in [-0.15, -0.1) is 0 Å². The van der Waals surface area contributed by atoms with Crippen LogP contribution in [-0.4, -0.2) is 18.9 Å². The zero-order valence-electron chi connectivity index (χ0n) is 13.4. The molecule has 2 N–H and O–H groups in total. The van der Waals surface area contributed by atoms with Crippen LogP contribution in [0.4, 0.5) is 11.4 Å². The van der Waals surface area contributed by atoms with Gasteiger partial charge in [0.15, 0.2) is 0 Å². The van der Waals surface area contributed by atoms with Crippen molar-refractivity contribution in [3.05, 3.63) is 54.1 Å². The van der Waals surface area contributed by atoms with Crippen LogP contribution in [0.25, 0.3) is 0 Å². The highest BCUT2D eigenvalue weighted by molar-refractivity contribution is 6.05. The Kier molecular flexibility index (Phi) is 5.36. The zero-order valence-corrected chi connectivity index (χ0v) is 13.4. The second-order valence-corrected chi connectivity index (χ2v) is 5.41. The van der Waals surface area contributed by atoms with Crippen molar-refractivity contribution in [2.75, 3.05) is 17.7 Å². The highest BCUT2D eigenvalue weighted by Gasteiger charge is 2.09. The van der Waals surface area contributed by atoms with Gasteiger partial charge in [-0.05, 0) is 36.4 Å². The van der Waals surface area contributed by atoms with Crippen LogP contribution in [0.5, 0.6) is 5.75 Å². The van der Waals surface area contributed by atoms with E-state index in [1.165, 1.54) is 0 Å². The van der Waals surface area contributed by atoms with E-state index in [2.05, 4.69) is 10.6 Å². The maximum Gasteiger partial charge on any atom is 0.255 e. The number of carbonyl (C=O) groups is 2. The van der Waals surface area contributed by atoms with Crippen molar-refractivity contribution in [1.82, 2.24) is 0 Å². The van der Waals surface area contributed by atoms with Crippen molar-refractivity contribution in [2.24, 2.45) is 5.92 Å². The Morgan fingerprint density at radius 1 is 0.957 bits per heavy atom. The summed E-state index contributed by atoms with van der Waals surface area (Å²) in [5.74, 6) is 0.207. The van der Waals surface area contributed by atoms with E-state index in [0.29, 0.717) is 22.7 Å². The molecule has 0 aliphatic rings. The molecule has 2 aromatic carbocycles. The van der Waals surface area contributed by atoms with Crippen molar-refractivity contribution in [3.63, 3.8) is 0 Å². The Hall–Kier alpha value is -2.82. The topological polar surface area (TPSA) is 67.4 Å². The summed E-state index contributed by atoms with van der Waals surface area (Å²) in [4.78, 5) is 24.0. The van der Waals surface area contributed by atoms with Crippen molar-refractivity contribution >= 4 is 23.2 Å². The van der Waals surface area contributed by atoms with Gasteiger partial charge >= 0.3 is 0 Å². The Morgan fingerprint density at radius 3 is 2.26 bits per heavy atom. The quantitative estimate of drug-likeness (QED) is 0.887. The van der Waals surface area contributed by atoms with Crippen molar-refractivity contribution in [3.8, 4) is 5.75 Å². The second-order valence-electron chi connectivity index (χ2n) is 5.41. The molecule has 23 heavy (non-hydrogen) atoms. The summed E-state index contributed by atoms with van der Waals surface area (Å²) in [6.45, 7) is 3.65. The third-order valence-corrected chi connectivity index (χ3v) is 3.24. The van der Waals surface area contributed by atoms with Gasteiger partial charge in [0.1, 0.15) is 5.75 Å². The fourth-order valence-electron chi connectivity index (χ4n) is 1.93. The Balaban J connectivity index is 2.10. The van der Waals surface area contributed by atoms with Crippen LogP contribution in [0.15, 0.2) is 48.5 Å². The minimum absolute atomic E-state index is 0.0683.